The van der Waals surface area contributed by atoms with Crippen molar-refractivity contribution in [2.45, 2.75) is 34.0 Å². The van der Waals surface area contributed by atoms with Crippen LogP contribution in [-0.4, -0.2) is 21.8 Å². The second kappa shape index (κ2) is 8.38. The molecular weight excluding hydrogens is 338 g/mol. The quantitative estimate of drug-likeness (QED) is 0.611. The Morgan fingerprint density at radius 1 is 1.16 bits per heavy atom. The van der Waals surface area contributed by atoms with Crippen molar-refractivity contribution in [3.05, 3.63) is 58.1 Å². The van der Waals surface area contributed by atoms with Crippen LogP contribution in [0.4, 0.5) is 10.5 Å². The Hall–Kier alpha value is -2.02. The lowest BCUT2D eigenvalue weighted by Crippen LogP contribution is -2.24. The maximum atomic E-state index is 11.8. The third-order valence-electron chi connectivity index (χ3n) is 4.16. The number of nitrogens with zero attached hydrogens (tertiary/aromatic N) is 1. The van der Waals surface area contributed by atoms with Crippen molar-refractivity contribution < 1.29 is 19.8 Å². The third kappa shape index (κ3) is 4.34. The van der Waals surface area contributed by atoms with Crippen LogP contribution in [-0.2, 0) is 13.2 Å². The summed E-state index contributed by atoms with van der Waals surface area (Å²) in [6.07, 6.45) is 1.59. The second-order valence-corrected chi connectivity index (χ2v) is 6.60. The number of hydrogen-bond donors (Lipinski definition) is 2. The van der Waals surface area contributed by atoms with E-state index in [0.29, 0.717) is 21.9 Å². The molecule has 0 radical (unpaired) electrons. The summed E-state index contributed by atoms with van der Waals surface area (Å²) in [6.45, 7) is 5.95. The molecule has 0 aliphatic heterocycles. The van der Waals surface area contributed by atoms with Gasteiger partial charge in [0.2, 0.25) is 0 Å². The smallest absolute Gasteiger partial charge is 0.309 e. The number of hydroxylamine groups is 1. The van der Waals surface area contributed by atoms with Gasteiger partial charge in [-0.3, -0.25) is 10.0 Å². The number of rotatable bonds is 5. The Bertz CT molecular complexity index is 776. The number of benzene rings is 2. The Morgan fingerprint density at radius 2 is 1.84 bits per heavy atom. The van der Waals surface area contributed by atoms with Crippen molar-refractivity contribution in [3.63, 3.8) is 0 Å². The van der Waals surface area contributed by atoms with Crippen LogP contribution in [0.2, 0.25) is 0 Å². The SMILES string of the molecule is CSC(=O)N(O)c1cccc(CO)c1COc1cc(C)c(C)cc1C. The number of thioether (sulfide) groups is 1. The van der Waals surface area contributed by atoms with Gasteiger partial charge in [-0.05, 0) is 61.4 Å². The van der Waals surface area contributed by atoms with Crippen LogP contribution in [0, 0.1) is 20.8 Å². The molecular formula is C19H23NO4S. The van der Waals surface area contributed by atoms with E-state index in [4.69, 9.17) is 4.74 Å². The van der Waals surface area contributed by atoms with Crippen LogP contribution in [0.25, 0.3) is 0 Å². The highest BCUT2D eigenvalue weighted by Gasteiger charge is 2.19. The predicted octanol–water partition coefficient (Wildman–Crippen LogP) is 4.36. The minimum Gasteiger partial charge on any atom is -0.489 e. The van der Waals surface area contributed by atoms with Crippen LogP contribution in [0.15, 0.2) is 30.3 Å². The van der Waals surface area contributed by atoms with E-state index in [1.165, 1.54) is 5.56 Å². The summed E-state index contributed by atoms with van der Waals surface area (Å²) in [5, 5.41) is 19.8. The summed E-state index contributed by atoms with van der Waals surface area (Å²) >= 11 is 0.904. The number of aryl methyl sites for hydroxylation is 3. The number of ether oxygens (including phenoxy) is 1. The zero-order chi connectivity index (χ0) is 18.6. The molecule has 0 bridgehead atoms. The van der Waals surface area contributed by atoms with E-state index in [1.807, 2.05) is 26.8 Å². The van der Waals surface area contributed by atoms with E-state index in [2.05, 4.69) is 6.07 Å². The fourth-order valence-electron chi connectivity index (χ4n) is 2.56. The first-order valence-electron chi connectivity index (χ1n) is 7.88. The summed E-state index contributed by atoms with van der Waals surface area (Å²) in [6, 6.07) is 9.07. The van der Waals surface area contributed by atoms with Gasteiger partial charge < -0.3 is 9.84 Å². The fraction of sp³-hybridized carbons (Fsp3) is 0.316. The highest BCUT2D eigenvalue weighted by molar-refractivity contribution is 8.13. The number of aliphatic hydroxyl groups is 1. The lowest BCUT2D eigenvalue weighted by molar-refractivity contribution is 0.223. The van der Waals surface area contributed by atoms with Crippen molar-refractivity contribution >= 4 is 22.7 Å². The Balaban J connectivity index is 2.35. The first-order valence-corrected chi connectivity index (χ1v) is 9.10. The van der Waals surface area contributed by atoms with E-state index in [-0.39, 0.29) is 13.2 Å². The number of amides is 1. The maximum absolute atomic E-state index is 11.8. The van der Waals surface area contributed by atoms with E-state index in [0.717, 1.165) is 28.6 Å². The number of hydrogen-bond acceptors (Lipinski definition) is 5. The van der Waals surface area contributed by atoms with Crippen molar-refractivity contribution in [2.24, 2.45) is 0 Å². The molecule has 0 saturated carbocycles. The molecule has 2 rings (SSSR count). The number of anilines is 1. The maximum Gasteiger partial charge on any atom is 0.309 e. The van der Waals surface area contributed by atoms with Crippen molar-refractivity contribution in [2.75, 3.05) is 11.3 Å². The molecule has 6 heteroatoms. The average molecular weight is 361 g/mol. The molecule has 25 heavy (non-hydrogen) atoms. The lowest BCUT2D eigenvalue weighted by atomic mass is 10.1. The van der Waals surface area contributed by atoms with Crippen LogP contribution in [0.5, 0.6) is 5.75 Å². The van der Waals surface area contributed by atoms with E-state index in [9.17, 15) is 15.1 Å². The summed E-state index contributed by atoms with van der Waals surface area (Å²) in [7, 11) is 0. The molecule has 0 aliphatic rings. The van der Waals surface area contributed by atoms with Gasteiger partial charge >= 0.3 is 5.24 Å². The summed E-state index contributed by atoms with van der Waals surface area (Å²) in [5.74, 6) is 0.738. The largest absolute Gasteiger partial charge is 0.489 e. The van der Waals surface area contributed by atoms with Gasteiger partial charge in [0.1, 0.15) is 12.4 Å². The highest BCUT2D eigenvalue weighted by atomic mass is 32.2. The molecule has 0 saturated heterocycles. The van der Waals surface area contributed by atoms with E-state index >= 15 is 0 Å². The topological polar surface area (TPSA) is 70.0 Å². The molecule has 1 amide bonds. The van der Waals surface area contributed by atoms with Crippen LogP contribution in [0.3, 0.4) is 0 Å². The molecule has 0 fully saturated rings. The summed E-state index contributed by atoms with van der Waals surface area (Å²) in [5.41, 5.74) is 4.81. The van der Waals surface area contributed by atoms with Crippen molar-refractivity contribution in [1.29, 1.82) is 0 Å². The van der Waals surface area contributed by atoms with Crippen LogP contribution in [0.1, 0.15) is 27.8 Å². The van der Waals surface area contributed by atoms with E-state index < -0.39 is 5.24 Å². The molecule has 2 aromatic rings. The highest BCUT2D eigenvalue weighted by Crippen LogP contribution is 2.29. The molecule has 0 heterocycles. The minimum absolute atomic E-state index is 0.133. The molecule has 2 N–H and O–H groups in total. The lowest BCUT2D eigenvalue weighted by Gasteiger charge is -2.20. The van der Waals surface area contributed by atoms with Crippen LogP contribution < -0.4 is 9.80 Å². The van der Waals surface area contributed by atoms with Gasteiger partial charge in [0.15, 0.2) is 0 Å². The normalized spacial score (nSPS) is 10.6. The molecule has 0 spiro atoms. The average Bonchev–Trinajstić information content (AvgIpc) is 2.61. The van der Waals surface area contributed by atoms with Gasteiger partial charge in [0.25, 0.3) is 0 Å². The standard InChI is InChI=1S/C19H23NO4S/c1-12-8-14(3)18(9-13(12)2)24-11-16-15(10-21)6-5-7-17(16)20(23)19(22)25-4/h5-9,21,23H,10-11H2,1-4H3. The number of aliphatic hydroxyl groups excluding tert-OH is 1. The first-order chi connectivity index (χ1) is 11.9. The zero-order valence-corrected chi connectivity index (χ0v) is 15.7. The Morgan fingerprint density at radius 3 is 2.48 bits per heavy atom. The van der Waals surface area contributed by atoms with Gasteiger partial charge in [-0.15, -0.1) is 0 Å². The molecule has 0 aromatic heterocycles. The minimum atomic E-state index is -0.501. The summed E-state index contributed by atoms with van der Waals surface area (Å²) in [4.78, 5) is 11.8. The number of carbonyl (C=O) groups excluding carboxylic acids is 1. The molecule has 2 aromatic carbocycles. The van der Waals surface area contributed by atoms with Crippen molar-refractivity contribution in [3.8, 4) is 5.75 Å². The van der Waals surface area contributed by atoms with Gasteiger partial charge in [0.05, 0.1) is 12.3 Å². The molecule has 0 atom stereocenters. The Labute approximate surface area is 152 Å². The first kappa shape index (κ1) is 19.3. The van der Waals surface area contributed by atoms with Crippen molar-refractivity contribution in [1.82, 2.24) is 0 Å². The van der Waals surface area contributed by atoms with Gasteiger partial charge in [-0.25, -0.2) is 0 Å². The Kier molecular flexibility index (Phi) is 6.47. The fourth-order valence-corrected chi connectivity index (χ4v) is 2.83. The zero-order valence-electron chi connectivity index (χ0n) is 14.9. The monoisotopic (exact) mass is 361 g/mol. The second-order valence-electron chi connectivity index (χ2n) is 5.85. The molecule has 0 unspecified atom stereocenters. The van der Waals surface area contributed by atoms with Gasteiger partial charge in [0, 0.05) is 5.56 Å². The number of carbonyl (C=O) groups is 1. The van der Waals surface area contributed by atoms with Crippen LogP contribution >= 0.6 is 11.8 Å². The molecule has 0 aliphatic carbocycles. The van der Waals surface area contributed by atoms with E-state index in [1.54, 1.807) is 24.5 Å². The van der Waals surface area contributed by atoms with Gasteiger partial charge in [-0.2, -0.15) is 5.06 Å². The molecule has 5 nitrogen and oxygen atoms in total. The third-order valence-corrected chi connectivity index (χ3v) is 4.68. The molecule has 134 valence electrons. The predicted molar refractivity (Wildman–Crippen MR) is 101 cm³/mol. The summed E-state index contributed by atoms with van der Waals surface area (Å²) < 4.78 is 5.94. The van der Waals surface area contributed by atoms with Gasteiger partial charge in [-0.1, -0.05) is 30.0 Å².